The molecular formula is C24H23N3O5. The van der Waals surface area contributed by atoms with E-state index in [4.69, 9.17) is 9.15 Å². The lowest BCUT2D eigenvalue weighted by atomic mass is 10.0. The van der Waals surface area contributed by atoms with Crippen LogP contribution in [-0.4, -0.2) is 29.6 Å². The number of anilines is 1. The second-order valence-corrected chi connectivity index (χ2v) is 7.43. The Morgan fingerprint density at radius 3 is 2.75 bits per heavy atom. The lowest BCUT2D eigenvalue weighted by Crippen LogP contribution is -2.45. The fraction of sp³-hybridized carbons (Fsp3) is 0.208. The molecule has 2 aromatic heterocycles. The molecule has 0 saturated heterocycles. The highest BCUT2D eigenvalue weighted by Gasteiger charge is 2.23. The van der Waals surface area contributed by atoms with Crippen molar-refractivity contribution in [1.29, 1.82) is 0 Å². The third-order valence-corrected chi connectivity index (χ3v) is 5.20. The number of hydrogen-bond donors (Lipinski definition) is 3. The van der Waals surface area contributed by atoms with Gasteiger partial charge in [0.05, 0.1) is 6.61 Å². The van der Waals surface area contributed by atoms with Crippen LogP contribution in [0.1, 0.15) is 18.1 Å². The van der Waals surface area contributed by atoms with Crippen molar-refractivity contribution >= 4 is 39.6 Å². The van der Waals surface area contributed by atoms with Crippen LogP contribution in [0.25, 0.3) is 21.9 Å². The quantitative estimate of drug-likeness (QED) is 0.400. The summed E-state index contributed by atoms with van der Waals surface area (Å²) in [6.07, 6.45) is 1.41. The summed E-state index contributed by atoms with van der Waals surface area (Å²) in [6, 6.07) is 13.4. The summed E-state index contributed by atoms with van der Waals surface area (Å²) in [5.41, 5.74) is 2.98. The molecule has 4 aromatic rings. The van der Waals surface area contributed by atoms with E-state index in [0.717, 1.165) is 27.4 Å². The maximum atomic E-state index is 13.1. The number of hydrogen-bond acceptors (Lipinski definition) is 5. The summed E-state index contributed by atoms with van der Waals surface area (Å²) in [6.45, 7) is 3.70. The Kier molecular flexibility index (Phi) is 5.93. The number of fused-ring (bicyclic) bond motifs is 2. The number of H-pyrrole nitrogens is 1. The molecule has 2 heterocycles. The first-order valence-electron chi connectivity index (χ1n) is 10.3. The van der Waals surface area contributed by atoms with Gasteiger partial charge in [-0.2, -0.15) is 0 Å². The normalized spacial score (nSPS) is 11.9. The first-order chi connectivity index (χ1) is 15.4. The van der Waals surface area contributed by atoms with E-state index in [9.17, 15) is 14.4 Å². The minimum atomic E-state index is -0.881. The predicted octanol–water partition coefficient (Wildman–Crippen LogP) is 3.88. The van der Waals surface area contributed by atoms with E-state index in [1.807, 2.05) is 37.4 Å². The second-order valence-electron chi connectivity index (χ2n) is 7.43. The van der Waals surface area contributed by atoms with Gasteiger partial charge in [-0.05, 0) is 43.2 Å². The summed E-state index contributed by atoms with van der Waals surface area (Å²) in [5, 5.41) is 7.19. The van der Waals surface area contributed by atoms with E-state index in [2.05, 4.69) is 15.6 Å². The third-order valence-electron chi connectivity index (χ3n) is 5.20. The van der Waals surface area contributed by atoms with Crippen LogP contribution in [-0.2, 0) is 16.0 Å². The van der Waals surface area contributed by atoms with Gasteiger partial charge in [-0.1, -0.05) is 18.2 Å². The molecule has 2 amide bonds. The zero-order valence-electron chi connectivity index (χ0n) is 17.7. The Hall–Kier alpha value is -4.07. The number of para-hydroxylation sites is 1. The molecule has 0 radical (unpaired) electrons. The van der Waals surface area contributed by atoms with Crippen LogP contribution < -0.4 is 16.3 Å². The van der Waals surface area contributed by atoms with E-state index in [-0.39, 0.29) is 13.0 Å². The first kappa shape index (κ1) is 21.2. The molecule has 164 valence electrons. The van der Waals surface area contributed by atoms with E-state index >= 15 is 0 Å². The number of amides is 2. The van der Waals surface area contributed by atoms with Gasteiger partial charge in [-0.25, -0.2) is 9.59 Å². The van der Waals surface area contributed by atoms with Gasteiger partial charge in [0.15, 0.2) is 0 Å². The SMILES string of the molecule is CCOC(=O)N[C@H](Cc1c[nH]c2ccccc12)C(=O)Nc1ccc2c(C)cc(=O)oc2c1. The standard InChI is InChI=1S/C24H23N3O5/c1-3-31-24(30)27-20(11-15-13-25-19-7-5-4-6-18(15)19)23(29)26-16-8-9-17-14(2)10-22(28)32-21(17)12-16/h4-10,12-13,20,25H,3,11H2,1-2H3,(H,26,29)(H,27,30)/t20-/m1/s1. The lowest BCUT2D eigenvalue weighted by Gasteiger charge is -2.18. The van der Waals surface area contributed by atoms with Crippen molar-refractivity contribution in [3.8, 4) is 0 Å². The Labute approximate surface area is 183 Å². The second kappa shape index (κ2) is 8.97. The number of carbonyl (C=O) groups is 2. The van der Waals surface area contributed by atoms with E-state index in [1.54, 1.807) is 25.1 Å². The number of ether oxygens (including phenoxy) is 1. The Bertz CT molecular complexity index is 1350. The minimum Gasteiger partial charge on any atom is -0.450 e. The largest absolute Gasteiger partial charge is 0.450 e. The van der Waals surface area contributed by atoms with Crippen molar-refractivity contribution < 1.29 is 18.7 Å². The number of benzene rings is 2. The zero-order chi connectivity index (χ0) is 22.7. The van der Waals surface area contributed by atoms with Gasteiger partial charge in [0.25, 0.3) is 0 Å². The van der Waals surface area contributed by atoms with E-state index < -0.39 is 23.7 Å². The molecule has 0 fully saturated rings. The summed E-state index contributed by atoms with van der Waals surface area (Å²) >= 11 is 0. The van der Waals surface area contributed by atoms with Crippen molar-refractivity contribution in [3.05, 3.63) is 76.3 Å². The Morgan fingerprint density at radius 2 is 1.94 bits per heavy atom. The van der Waals surface area contributed by atoms with E-state index in [1.165, 1.54) is 6.07 Å². The molecule has 0 unspecified atom stereocenters. The predicted molar refractivity (Wildman–Crippen MR) is 122 cm³/mol. The smallest absolute Gasteiger partial charge is 0.407 e. The Balaban J connectivity index is 1.60. The average Bonchev–Trinajstić information content (AvgIpc) is 3.16. The van der Waals surface area contributed by atoms with Crippen molar-refractivity contribution in [2.24, 2.45) is 0 Å². The van der Waals surface area contributed by atoms with Crippen LogP contribution in [0, 0.1) is 6.92 Å². The Morgan fingerprint density at radius 1 is 1.12 bits per heavy atom. The highest BCUT2D eigenvalue weighted by molar-refractivity contribution is 5.98. The molecule has 0 saturated carbocycles. The molecule has 4 rings (SSSR count). The number of rotatable bonds is 6. The van der Waals surface area contributed by atoms with Crippen molar-refractivity contribution in [2.75, 3.05) is 11.9 Å². The molecule has 32 heavy (non-hydrogen) atoms. The molecule has 2 aromatic carbocycles. The average molecular weight is 433 g/mol. The van der Waals surface area contributed by atoms with Crippen molar-refractivity contribution in [2.45, 2.75) is 26.3 Å². The maximum absolute atomic E-state index is 13.1. The highest BCUT2D eigenvalue weighted by Crippen LogP contribution is 2.22. The summed E-state index contributed by atoms with van der Waals surface area (Å²) in [5.74, 6) is -0.419. The van der Waals surface area contributed by atoms with Gasteiger partial charge in [-0.15, -0.1) is 0 Å². The van der Waals surface area contributed by atoms with Crippen LogP contribution in [0.3, 0.4) is 0 Å². The molecule has 1 atom stereocenters. The molecule has 0 bridgehead atoms. The van der Waals surface area contributed by atoms with Crippen LogP contribution in [0.4, 0.5) is 10.5 Å². The zero-order valence-corrected chi connectivity index (χ0v) is 17.7. The fourth-order valence-corrected chi connectivity index (χ4v) is 3.68. The number of aromatic amines is 1. The number of aryl methyl sites for hydroxylation is 1. The van der Waals surface area contributed by atoms with Crippen LogP contribution in [0.15, 0.2) is 63.9 Å². The molecule has 0 aliphatic carbocycles. The maximum Gasteiger partial charge on any atom is 0.407 e. The fourth-order valence-electron chi connectivity index (χ4n) is 3.68. The molecule has 3 N–H and O–H groups in total. The molecule has 8 heteroatoms. The first-order valence-corrected chi connectivity index (χ1v) is 10.3. The lowest BCUT2D eigenvalue weighted by molar-refractivity contribution is -0.118. The van der Waals surface area contributed by atoms with Crippen molar-refractivity contribution in [3.63, 3.8) is 0 Å². The number of alkyl carbamates (subject to hydrolysis) is 1. The van der Waals surface area contributed by atoms with Gasteiger partial charge in [0.2, 0.25) is 5.91 Å². The van der Waals surface area contributed by atoms with Gasteiger partial charge in [0.1, 0.15) is 11.6 Å². The van der Waals surface area contributed by atoms with Crippen molar-refractivity contribution in [1.82, 2.24) is 10.3 Å². The minimum absolute atomic E-state index is 0.191. The number of carbonyl (C=O) groups excluding carboxylic acids is 2. The molecular weight excluding hydrogens is 410 g/mol. The van der Waals surface area contributed by atoms with Gasteiger partial charge in [0, 0.05) is 46.7 Å². The van der Waals surface area contributed by atoms with Gasteiger partial charge in [-0.3, -0.25) is 4.79 Å². The van der Waals surface area contributed by atoms with Gasteiger partial charge < -0.3 is 24.8 Å². The number of aromatic nitrogens is 1. The summed E-state index contributed by atoms with van der Waals surface area (Å²) in [4.78, 5) is 40.1. The molecule has 0 aliphatic rings. The van der Waals surface area contributed by atoms with Gasteiger partial charge >= 0.3 is 11.7 Å². The number of nitrogens with one attached hydrogen (secondary N) is 3. The molecule has 0 aliphatic heterocycles. The molecule has 8 nitrogen and oxygen atoms in total. The monoisotopic (exact) mass is 433 g/mol. The highest BCUT2D eigenvalue weighted by atomic mass is 16.5. The molecule has 0 spiro atoms. The topological polar surface area (TPSA) is 113 Å². The van der Waals surface area contributed by atoms with Crippen LogP contribution in [0.5, 0.6) is 0 Å². The van der Waals surface area contributed by atoms with Crippen LogP contribution >= 0.6 is 0 Å². The van der Waals surface area contributed by atoms with Crippen LogP contribution in [0.2, 0.25) is 0 Å². The summed E-state index contributed by atoms with van der Waals surface area (Å²) in [7, 11) is 0. The summed E-state index contributed by atoms with van der Waals surface area (Å²) < 4.78 is 10.2. The third kappa shape index (κ3) is 4.49. The van der Waals surface area contributed by atoms with E-state index in [0.29, 0.717) is 11.3 Å².